The van der Waals surface area contributed by atoms with Crippen molar-refractivity contribution in [3.63, 3.8) is 0 Å². The smallest absolute Gasteiger partial charge is 0.218 e. The molecule has 0 aromatic carbocycles. The summed E-state index contributed by atoms with van der Waals surface area (Å²) in [6, 6.07) is 0. The molecule has 15 heavy (non-hydrogen) atoms. The first kappa shape index (κ1) is 11.5. The van der Waals surface area contributed by atoms with E-state index in [2.05, 4.69) is 5.10 Å². The van der Waals surface area contributed by atoms with Crippen molar-refractivity contribution in [3.05, 3.63) is 16.8 Å². The first-order chi connectivity index (χ1) is 7.13. The fraction of sp³-hybridized carbons (Fsp3) is 0.455. The highest BCUT2D eigenvalue weighted by atomic mass is 16.5. The van der Waals surface area contributed by atoms with E-state index in [9.17, 15) is 4.79 Å². The number of aldehydes is 1. The van der Waals surface area contributed by atoms with Gasteiger partial charge < -0.3 is 4.74 Å². The van der Waals surface area contributed by atoms with Crippen LogP contribution in [0.2, 0.25) is 0 Å². The van der Waals surface area contributed by atoms with Gasteiger partial charge in [-0.15, -0.1) is 0 Å². The molecule has 0 aliphatic rings. The van der Waals surface area contributed by atoms with Gasteiger partial charge in [0.15, 0.2) is 0 Å². The fourth-order valence-electron chi connectivity index (χ4n) is 1.47. The van der Waals surface area contributed by atoms with Gasteiger partial charge in [-0.2, -0.15) is 5.10 Å². The lowest BCUT2D eigenvalue weighted by atomic mass is 10.1. The van der Waals surface area contributed by atoms with Gasteiger partial charge in [-0.3, -0.25) is 4.79 Å². The molecule has 0 radical (unpaired) electrons. The minimum Gasteiger partial charge on any atom is -0.481 e. The maximum Gasteiger partial charge on any atom is 0.218 e. The van der Waals surface area contributed by atoms with Crippen molar-refractivity contribution in [2.45, 2.75) is 20.3 Å². The quantitative estimate of drug-likeness (QED) is 0.559. The van der Waals surface area contributed by atoms with Crippen molar-refractivity contribution < 1.29 is 9.53 Å². The van der Waals surface area contributed by atoms with Crippen LogP contribution in [0.5, 0.6) is 5.88 Å². The molecule has 1 heterocycles. The van der Waals surface area contributed by atoms with E-state index in [0.29, 0.717) is 12.3 Å². The number of allylic oxidation sites excluding steroid dienone is 1. The van der Waals surface area contributed by atoms with Gasteiger partial charge in [0.2, 0.25) is 5.88 Å². The van der Waals surface area contributed by atoms with E-state index in [4.69, 9.17) is 4.74 Å². The summed E-state index contributed by atoms with van der Waals surface area (Å²) >= 11 is 0. The van der Waals surface area contributed by atoms with Crippen LogP contribution in [0.15, 0.2) is 5.57 Å². The van der Waals surface area contributed by atoms with E-state index < -0.39 is 0 Å². The second-order valence-electron chi connectivity index (χ2n) is 3.32. The zero-order chi connectivity index (χ0) is 11.4. The van der Waals surface area contributed by atoms with E-state index in [1.807, 2.05) is 27.0 Å². The highest BCUT2D eigenvalue weighted by Gasteiger charge is 2.11. The summed E-state index contributed by atoms with van der Waals surface area (Å²) in [5, 5.41) is 4.23. The highest BCUT2D eigenvalue weighted by Crippen LogP contribution is 2.23. The molecule has 0 N–H and O–H groups in total. The first-order valence-corrected chi connectivity index (χ1v) is 4.87. The Kier molecular flexibility index (Phi) is 3.66. The standard InChI is InChI=1S/C11H16N2O2/c1-5-9(7-14)6-10-8(2)12-13(3)11(10)15-4/h6-7H,5H2,1-4H3. The molecule has 0 unspecified atom stereocenters. The van der Waals surface area contributed by atoms with E-state index in [0.717, 1.165) is 23.1 Å². The topological polar surface area (TPSA) is 44.1 Å². The molecule has 0 bridgehead atoms. The van der Waals surface area contributed by atoms with Crippen LogP contribution >= 0.6 is 0 Å². The normalized spacial score (nSPS) is 11.6. The molecule has 0 aliphatic carbocycles. The molecular formula is C11H16N2O2. The SMILES string of the molecule is CCC(C=O)=Cc1c(C)nn(C)c1OC. The van der Waals surface area contributed by atoms with Gasteiger partial charge in [0, 0.05) is 7.05 Å². The van der Waals surface area contributed by atoms with Crippen molar-refractivity contribution in [1.29, 1.82) is 0 Å². The number of aryl methyl sites for hydroxylation is 2. The molecule has 0 amide bonds. The monoisotopic (exact) mass is 208 g/mol. The lowest BCUT2D eigenvalue weighted by molar-refractivity contribution is -0.104. The Bertz CT molecular complexity index is 392. The Morgan fingerprint density at radius 1 is 1.60 bits per heavy atom. The number of aromatic nitrogens is 2. The molecule has 82 valence electrons. The summed E-state index contributed by atoms with van der Waals surface area (Å²) in [6.45, 7) is 3.84. The van der Waals surface area contributed by atoms with Gasteiger partial charge in [0.05, 0.1) is 18.4 Å². The summed E-state index contributed by atoms with van der Waals surface area (Å²) in [4.78, 5) is 10.7. The summed E-state index contributed by atoms with van der Waals surface area (Å²) in [7, 11) is 3.41. The first-order valence-electron chi connectivity index (χ1n) is 4.87. The number of carbonyl (C=O) groups excluding carboxylic acids is 1. The Balaban J connectivity index is 3.23. The number of ether oxygens (including phenoxy) is 1. The van der Waals surface area contributed by atoms with E-state index >= 15 is 0 Å². The Hall–Kier alpha value is -1.58. The number of rotatable bonds is 4. The molecule has 1 aromatic heterocycles. The van der Waals surface area contributed by atoms with Crippen LogP contribution in [0.25, 0.3) is 6.08 Å². The molecule has 0 saturated heterocycles. The minimum atomic E-state index is 0.681. The van der Waals surface area contributed by atoms with Crippen molar-refractivity contribution >= 4 is 12.4 Å². The number of nitrogens with zero attached hydrogens (tertiary/aromatic N) is 2. The summed E-state index contributed by atoms with van der Waals surface area (Å²) < 4.78 is 6.89. The third-order valence-electron chi connectivity index (χ3n) is 2.30. The molecular weight excluding hydrogens is 192 g/mol. The third kappa shape index (κ3) is 2.26. The van der Waals surface area contributed by atoms with Crippen LogP contribution in [-0.2, 0) is 11.8 Å². The average Bonchev–Trinajstić information content (AvgIpc) is 2.49. The lowest BCUT2D eigenvalue weighted by Gasteiger charge is -2.01. The van der Waals surface area contributed by atoms with Gasteiger partial charge in [0.25, 0.3) is 0 Å². The second kappa shape index (κ2) is 4.77. The van der Waals surface area contributed by atoms with Crippen LogP contribution in [-0.4, -0.2) is 23.2 Å². The van der Waals surface area contributed by atoms with Gasteiger partial charge in [-0.25, -0.2) is 4.68 Å². The molecule has 0 aliphatic heterocycles. The Labute approximate surface area is 89.5 Å². The van der Waals surface area contributed by atoms with Crippen molar-refractivity contribution in [2.75, 3.05) is 7.11 Å². The summed E-state index contributed by atoms with van der Waals surface area (Å²) in [5.74, 6) is 0.681. The van der Waals surface area contributed by atoms with Crippen LogP contribution in [0.3, 0.4) is 0 Å². The summed E-state index contributed by atoms with van der Waals surface area (Å²) in [5.41, 5.74) is 2.48. The zero-order valence-electron chi connectivity index (χ0n) is 9.57. The van der Waals surface area contributed by atoms with Gasteiger partial charge in [-0.05, 0) is 25.0 Å². The van der Waals surface area contributed by atoms with Crippen molar-refractivity contribution in [3.8, 4) is 5.88 Å². The predicted molar refractivity (Wildman–Crippen MR) is 58.8 cm³/mol. The largest absolute Gasteiger partial charge is 0.481 e. The van der Waals surface area contributed by atoms with Crippen molar-refractivity contribution in [2.24, 2.45) is 7.05 Å². The molecule has 0 saturated carbocycles. The number of methoxy groups -OCH3 is 1. The number of carbonyl (C=O) groups is 1. The molecule has 0 atom stereocenters. The van der Waals surface area contributed by atoms with Gasteiger partial charge >= 0.3 is 0 Å². The van der Waals surface area contributed by atoms with Crippen molar-refractivity contribution in [1.82, 2.24) is 9.78 Å². The average molecular weight is 208 g/mol. The molecule has 0 fully saturated rings. The van der Waals surface area contributed by atoms with Gasteiger partial charge in [0.1, 0.15) is 6.29 Å². The molecule has 4 heteroatoms. The van der Waals surface area contributed by atoms with Crippen LogP contribution in [0.4, 0.5) is 0 Å². The summed E-state index contributed by atoms with van der Waals surface area (Å²) in [6.07, 6.45) is 3.40. The van der Waals surface area contributed by atoms with E-state index in [-0.39, 0.29) is 0 Å². The van der Waals surface area contributed by atoms with Crippen LogP contribution < -0.4 is 4.74 Å². The number of hydrogen-bond acceptors (Lipinski definition) is 3. The van der Waals surface area contributed by atoms with Crippen LogP contribution in [0, 0.1) is 6.92 Å². The minimum absolute atomic E-state index is 0.681. The number of hydrogen-bond donors (Lipinski definition) is 0. The lowest BCUT2D eigenvalue weighted by Crippen LogP contribution is -1.95. The molecule has 1 rings (SSSR count). The van der Waals surface area contributed by atoms with Crippen LogP contribution in [0.1, 0.15) is 24.6 Å². The molecule has 1 aromatic rings. The highest BCUT2D eigenvalue weighted by molar-refractivity contribution is 5.82. The maximum absolute atomic E-state index is 10.7. The zero-order valence-corrected chi connectivity index (χ0v) is 9.57. The molecule has 4 nitrogen and oxygen atoms in total. The maximum atomic E-state index is 10.7. The fourth-order valence-corrected chi connectivity index (χ4v) is 1.47. The molecule has 0 spiro atoms. The second-order valence-corrected chi connectivity index (χ2v) is 3.32. The van der Waals surface area contributed by atoms with E-state index in [1.54, 1.807) is 11.8 Å². The predicted octanol–water partition coefficient (Wildman–Crippen LogP) is 1.73. The Morgan fingerprint density at radius 2 is 2.27 bits per heavy atom. The Morgan fingerprint density at radius 3 is 2.73 bits per heavy atom. The third-order valence-corrected chi connectivity index (χ3v) is 2.30. The van der Waals surface area contributed by atoms with Gasteiger partial charge in [-0.1, -0.05) is 6.92 Å². The van der Waals surface area contributed by atoms with E-state index in [1.165, 1.54) is 0 Å².